The maximum absolute atomic E-state index is 13.0. The normalized spacial score (nSPS) is 11.8. The van der Waals surface area contributed by atoms with Crippen LogP contribution in [0.25, 0.3) is 27.5 Å². The molecule has 36 heavy (non-hydrogen) atoms. The summed E-state index contributed by atoms with van der Waals surface area (Å²) in [6.07, 6.45) is 5.95. The van der Waals surface area contributed by atoms with Crippen LogP contribution >= 0.6 is 46.3 Å². The van der Waals surface area contributed by atoms with Crippen molar-refractivity contribution in [3.8, 4) is 27.5 Å². The topological polar surface area (TPSA) is 88.9 Å². The summed E-state index contributed by atoms with van der Waals surface area (Å²) in [6, 6.07) is 14.0. The first kappa shape index (κ1) is 26.2. The number of amides is 2. The molecule has 0 saturated carbocycles. The van der Waals surface area contributed by atoms with E-state index < -0.39 is 6.04 Å². The number of thiophene rings is 1. The molecule has 2 amide bonds. The highest BCUT2D eigenvalue weighted by atomic mass is 35.5. The Morgan fingerprint density at radius 1 is 1.14 bits per heavy atom. The van der Waals surface area contributed by atoms with Gasteiger partial charge in [0.25, 0.3) is 5.91 Å². The second-order valence-electron chi connectivity index (χ2n) is 7.75. The van der Waals surface area contributed by atoms with E-state index in [9.17, 15) is 9.59 Å². The first-order chi connectivity index (χ1) is 17.4. The van der Waals surface area contributed by atoms with Crippen LogP contribution in [-0.2, 0) is 4.79 Å². The molecule has 11 heteroatoms. The summed E-state index contributed by atoms with van der Waals surface area (Å²) in [5, 5.41) is 11.1. The van der Waals surface area contributed by atoms with Gasteiger partial charge in [0, 0.05) is 25.0 Å². The number of thioether (sulfide) groups is 1. The van der Waals surface area contributed by atoms with Crippen LogP contribution in [0.5, 0.6) is 0 Å². The maximum atomic E-state index is 13.0. The zero-order valence-electron chi connectivity index (χ0n) is 19.5. The van der Waals surface area contributed by atoms with Crippen LogP contribution in [0.2, 0.25) is 10.0 Å². The predicted molar refractivity (Wildman–Crippen MR) is 148 cm³/mol. The lowest BCUT2D eigenvalue weighted by molar-refractivity contribution is -0.122. The minimum atomic E-state index is -0.598. The van der Waals surface area contributed by atoms with E-state index in [1.54, 1.807) is 54.1 Å². The summed E-state index contributed by atoms with van der Waals surface area (Å²) < 4.78 is 1.77. The zero-order chi connectivity index (χ0) is 25.7. The monoisotopic (exact) mass is 559 g/mol. The average Bonchev–Trinajstić information content (AvgIpc) is 3.56. The number of benzene rings is 1. The quantitative estimate of drug-likeness (QED) is 0.280. The molecular weight excluding hydrogens is 537 g/mol. The Kier molecular flexibility index (Phi) is 8.68. The molecule has 0 aliphatic carbocycles. The summed E-state index contributed by atoms with van der Waals surface area (Å²) in [4.78, 5) is 30.7. The molecule has 0 fully saturated rings. The van der Waals surface area contributed by atoms with Gasteiger partial charge in [-0.1, -0.05) is 23.2 Å². The molecule has 1 atom stereocenters. The van der Waals surface area contributed by atoms with Gasteiger partial charge in [-0.2, -0.15) is 16.9 Å². The molecule has 1 aromatic carbocycles. The zero-order valence-corrected chi connectivity index (χ0v) is 22.6. The number of nitrogens with one attached hydrogen (secondary N) is 2. The van der Waals surface area contributed by atoms with Crippen LogP contribution in [0.3, 0.4) is 0 Å². The number of halogens is 2. The van der Waals surface area contributed by atoms with E-state index in [-0.39, 0.29) is 11.8 Å². The molecule has 0 bridgehead atoms. The molecule has 3 aromatic heterocycles. The van der Waals surface area contributed by atoms with Gasteiger partial charge in [0.2, 0.25) is 5.91 Å². The Morgan fingerprint density at radius 3 is 2.67 bits per heavy atom. The first-order valence-electron chi connectivity index (χ1n) is 11.0. The molecule has 4 rings (SSSR count). The second-order valence-corrected chi connectivity index (χ2v) is 10.6. The van der Waals surface area contributed by atoms with Gasteiger partial charge in [-0.3, -0.25) is 14.6 Å². The van der Waals surface area contributed by atoms with Crippen molar-refractivity contribution in [3.63, 3.8) is 0 Å². The fraction of sp³-hybridized carbons (Fsp3) is 0.200. The van der Waals surface area contributed by atoms with E-state index in [4.69, 9.17) is 28.3 Å². The van der Waals surface area contributed by atoms with Crippen LogP contribution in [0.1, 0.15) is 16.1 Å². The highest BCUT2D eigenvalue weighted by Crippen LogP contribution is 2.34. The SMILES string of the molecule is CNC(=O)[C@H](CCSC)NC(=O)c1ccc(-c2cc(-c3cccnc3)nn2-c2ccc(Cl)c(Cl)c2)s1. The van der Waals surface area contributed by atoms with Crippen molar-refractivity contribution in [1.29, 1.82) is 0 Å². The molecule has 0 aliphatic heterocycles. The largest absolute Gasteiger partial charge is 0.357 e. The second kappa shape index (κ2) is 11.9. The maximum Gasteiger partial charge on any atom is 0.262 e. The Morgan fingerprint density at radius 2 is 1.97 bits per heavy atom. The summed E-state index contributed by atoms with van der Waals surface area (Å²) >= 11 is 15.4. The van der Waals surface area contributed by atoms with Crippen molar-refractivity contribution in [2.45, 2.75) is 12.5 Å². The van der Waals surface area contributed by atoms with E-state index in [2.05, 4.69) is 15.6 Å². The van der Waals surface area contributed by atoms with E-state index in [1.807, 2.05) is 36.6 Å². The van der Waals surface area contributed by atoms with Crippen LogP contribution in [-0.4, -0.2) is 51.7 Å². The average molecular weight is 561 g/mol. The summed E-state index contributed by atoms with van der Waals surface area (Å²) in [5.74, 6) is 0.246. The van der Waals surface area contributed by atoms with E-state index in [0.29, 0.717) is 21.3 Å². The molecule has 186 valence electrons. The number of carbonyl (C=O) groups excluding carboxylic acids is 2. The van der Waals surface area contributed by atoms with Crippen molar-refractivity contribution in [2.75, 3.05) is 19.1 Å². The third-order valence-electron chi connectivity index (χ3n) is 5.38. The lowest BCUT2D eigenvalue weighted by Crippen LogP contribution is -2.45. The van der Waals surface area contributed by atoms with Crippen LogP contribution in [0.15, 0.2) is 60.9 Å². The molecule has 0 saturated heterocycles. The summed E-state index contributed by atoms with van der Waals surface area (Å²) in [7, 11) is 1.56. The highest BCUT2D eigenvalue weighted by Gasteiger charge is 2.22. The van der Waals surface area contributed by atoms with E-state index >= 15 is 0 Å². The Bertz CT molecular complexity index is 1370. The van der Waals surface area contributed by atoms with Crippen molar-refractivity contribution in [2.24, 2.45) is 0 Å². The standard InChI is InChI=1S/C25H23Cl2N5O2S2/c1-28-24(33)19(9-11-35-2)30-25(34)23-8-7-22(36-23)21-13-20(15-4-3-10-29-14-15)31-32(21)16-5-6-17(26)18(27)12-16/h3-8,10,12-14,19H,9,11H2,1-2H3,(H,28,33)(H,30,34)/t19-/m0/s1. The fourth-order valence-electron chi connectivity index (χ4n) is 3.53. The van der Waals surface area contributed by atoms with Crippen molar-refractivity contribution in [1.82, 2.24) is 25.4 Å². The van der Waals surface area contributed by atoms with Crippen molar-refractivity contribution >= 4 is 58.1 Å². The third kappa shape index (κ3) is 5.92. The molecule has 0 unspecified atom stereocenters. The van der Waals surface area contributed by atoms with Gasteiger partial charge in [0.1, 0.15) is 6.04 Å². The summed E-state index contributed by atoms with van der Waals surface area (Å²) in [6.45, 7) is 0. The number of pyridine rings is 1. The molecule has 0 aliphatic rings. The molecule has 4 aromatic rings. The lowest BCUT2D eigenvalue weighted by Gasteiger charge is -2.16. The molecule has 3 heterocycles. The first-order valence-corrected chi connectivity index (χ1v) is 14.0. The fourth-order valence-corrected chi connectivity index (χ4v) is 5.21. The molecule has 7 nitrogen and oxygen atoms in total. The minimum absolute atomic E-state index is 0.215. The van der Waals surface area contributed by atoms with Gasteiger partial charge in [-0.05, 0) is 67.0 Å². The summed E-state index contributed by atoms with van der Waals surface area (Å²) in [5.41, 5.74) is 3.09. The molecule has 0 spiro atoms. The molecule has 0 radical (unpaired) electrons. The van der Waals surface area contributed by atoms with Crippen LogP contribution in [0, 0.1) is 0 Å². The molecule has 2 N–H and O–H groups in total. The van der Waals surface area contributed by atoms with Crippen molar-refractivity contribution in [3.05, 3.63) is 75.8 Å². The predicted octanol–water partition coefficient (Wildman–Crippen LogP) is 5.57. The van der Waals surface area contributed by atoms with Gasteiger partial charge in [-0.25, -0.2) is 4.68 Å². The van der Waals surface area contributed by atoms with E-state index in [1.165, 1.54) is 11.3 Å². The Hall–Kier alpha value is -2.85. The lowest BCUT2D eigenvalue weighted by atomic mass is 10.2. The van der Waals surface area contributed by atoms with Crippen LogP contribution in [0.4, 0.5) is 0 Å². The number of aromatic nitrogens is 3. The van der Waals surface area contributed by atoms with Crippen molar-refractivity contribution < 1.29 is 9.59 Å². The number of rotatable bonds is 9. The number of nitrogens with zero attached hydrogens (tertiary/aromatic N) is 3. The van der Waals surface area contributed by atoms with Gasteiger partial charge in [0.15, 0.2) is 0 Å². The number of likely N-dealkylation sites (N-methyl/N-ethyl adjacent to an activating group) is 1. The highest BCUT2D eigenvalue weighted by molar-refractivity contribution is 7.98. The third-order valence-corrected chi connectivity index (χ3v) is 7.87. The molecular formula is C25H23Cl2N5O2S2. The minimum Gasteiger partial charge on any atom is -0.357 e. The number of hydrogen-bond acceptors (Lipinski definition) is 6. The van der Waals surface area contributed by atoms with Gasteiger partial charge >= 0.3 is 0 Å². The number of carbonyl (C=O) groups is 2. The Balaban J connectivity index is 1.69. The van der Waals surface area contributed by atoms with Gasteiger partial charge < -0.3 is 10.6 Å². The van der Waals surface area contributed by atoms with Gasteiger partial charge in [-0.15, -0.1) is 11.3 Å². The number of hydrogen-bond donors (Lipinski definition) is 2. The van der Waals surface area contributed by atoms with E-state index in [0.717, 1.165) is 33.3 Å². The smallest absolute Gasteiger partial charge is 0.262 e. The van der Waals surface area contributed by atoms with Crippen LogP contribution < -0.4 is 10.6 Å². The van der Waals surface area contributed by atoms with Gasteiger partial charge in [0.05, 0.1) is 36.9 Å². The Labute approximate surface area is 227 Å².